The fraction of sp³-hybridized carbons (Fsp3) is 0.857. The Morgan fingerprint density at radius 3 is 2.75 bits per heavy atom. The summed E-state index contributed by atoms with van der Waals surface area (Å²) >= 11 is 0. The summed E-state index contributed by atoms with van der Waals surface area (Å²) in [4.78, 5) is 0. The van der Waals surface area contributed by atoms with Crippen LogP contribution in [0.1, 0.15) is 45.4 Å². The van der Waals surface area contributed by atoms with Crippen LogP contribution in [0.3, 0.4) is 0 Å². The molecule has 3 N–H and O–H groups in total. The van der Waals surface area contributed by atoms with Crippen LogP contribution in [0, 0.1) is 23.7 Å². The van der Waals surface area contributed by atoms with Gasteiger partial charge in [0.05, 0.1) is 6.54 Å². The van der Waals surface area contributed by atoms with Gasteiger partial charge in [-0.05, 0) is 44.4 Å². The molecule has 2 fully saturated rings. The van der Waals surface area contributed by atoms with Crippen molar-refractivity contribution in [3.05, 3.63) is 0 Å². The zero-order chi connectivity index (χ0) is 11.4. The maximum atomic E-state index is 5.99. The lowest BCUT2D eigenvalue weighted by atomic mass is 9.73. The third-order valence-electron chi connectivity index (χ3n) is 4.29. The lowest BCUT2D eigenvalue weighted by Gasteiger charge is -2.41. The van der Waals surface area contributed by atoms with Gasteiger partial charge in [0.2, 0.25) is 0 Å². The van der Waals surface area contributed by atoms with Crippen molar-refractivity contribution < 1.29 is 0 Å². The van der Waals surface area contributed by atoms with E-state index in [-0.39, 0.29) is 5.54 Å². The van der Waals surface area contributed by atoms with Crippen molar-refractivity contribution >= 4 is 0 Å². The fourth-order valence-electron chi connectivity index (χ4n) is 3.12. The standard InChI is InChI=1S/C14H24N2/c1-2-3-9-16-14(11-15)8-4-5-13(10-14)12-6-7-12/h12-13,16H,4-11,15H2,1H3. The van der Waals surface area contributed by atoms with Crippen molar-refractivity contribution in [1.29, 1.82) is 0 Å². The minimum Gasteiger partial charge on any atom is -0.329 e. The largest absolute Gasteiger partial charge is 0.329 e. The molecular weight excluding hydrogens is 196 g/mol. The molecule has 2 saturated carbocycles. The topological polar surface area (TPSA) is 38.0 Å². The highest BCUT2D eigenvalue weighted by molar-refractivity contribution is 5.03. The Balaban J connectivity index is 1.91. The molecule has 2 nitrogen and oxygen atoms in total. The molecule has 0 amide bonds. The maximum Gasteiger partial charge on any atom is 0.0581 e. The molecule has 2 heteroatoms. The Kier molecular flexibility index (Phi) is 3.89. The SMILES string of the molecule is CC#CCNC1(CN)CCCC(C2CC2)C1. The van der Waals surface area contributed by atoms with Crippen molar-refractivity contribution in [3.8, 4) is 11.8 Å². The van der Waals surface area contributed by atoms with E-state index >= 15 is 0 Å². The van der Waals surface area contributed by atoms with Crippen molar-refractivity contribution in [1.82, 2.24) is 5.32 Å². The highest BCUT2D eigenvalue weighted by atomic mass is 15.0. The van der Waals surface area contributed by atoms with Crippen LogP contribution in [0.25, 0.3) is 0 Å². The highest BCUT2D eigenvalue weighted by Gasteiger charge is 2.40. The van der Waals surface area contributed by atoms with Gasteiger partial charge in [-0.15, -0.1) is 5.92 Å². The van der Waals surface area contributed by atoms with Crippen molar-refractivity contribution in [2.24, 2.45) is 17.6 Å². The third-order valence-corrected chi connectivity index (χ3v) is 4.29. The summed E-state index contributed by atoms with van der Waals surface area (Å²) in [5, 5.41) is 3.60. The summed E-state index contributed by atoms with van der Waals surface area (Å²) in [6.45, 7) is 3.46. The Labute approximate surface area is 99.4 Å². The molecule has 0 aromatic rings. The summed E-state index contributed by atoms with van der Waals surface area (Å²) in [7, 11) is 0. The molecule has 2 atom stereocenters. The molecular formula is C14H24N2. The van der Waals surface area contributed by atoms with Gasteiger partial charge >= 0.3 is 0 Å². The zero-order valence-corrected chi connectivity index (χ0v) is 10.4. The van der Waals surface area contributed by atoms with Gasteiger partial charge in [-0.25, -0.2) is 0 Å². The summed E-state index contributed by atoms with van der Waals surface area (Å²) in [5.41, 5.74) is 6.18. The Morgan fingerprint density at radius 2 is 2.12 bits per heavy atom. The Bertz CT molecular complexity index is 285. The van der Waals surface area contributed by atoms with Crippen molar-refractivity contribution in [3.63, 3.8) is 0 Å². The number of nitrogens with one attached hydrogen (secondary N) is 1. The second-order valence-electron chi connectivity index (χ2n) is 5.46. The smallest absolute Gasteiger partial charge is 0.0581 e. The van der Waals surface area contributed by atoms with Crippen LogP contribution >= 0.6 is 0 Å². The summed E-state index contributed by atoms with van der Waals surface area (Å²) in [6.07, 6.45) is 8.19. The summed E-state index contributed by atoms with van der Waals surface area (Å²) in [6, 6.07) is 0. The predicted octanol–water partition coefficient (Wildman–Crippen LogP) is 1.90. The van der Waals surface area contributed by atoms with Crippen LogP contribution in [0.15, 0.2) is 0 Å². The van der Waals surface area contributed by atoms with Crippen LogP contribution in [0.2, 0.25) is 0 Å². The van der Waals surface area contributed by atoms with Crippen LogP contribution in [-0.4, -0.2) is 18.6 Å². The number of rotatable bonds is 4. The molecule has 0 aromatic heterocycles. The Morgan fingerprint density at radius 1 is 1.31 bits per heavy atom. The molecule has 16 heavy (non-hydrogen) atoms. The van der Waals surface area contributed by atoms with Gasteiger partial charge in [-0.2, -0.15) is 0 Å². The fourth-order valence-corrected chi connectivity index (χ4v) is 3.12. The molecule has 2 aliphatic rings. The first-order valence-electron chi connectivity index (χ1n) is 6.64. The lowest BCUT2D eigenvalue weighted by molar-refractivity contribution is 0.175. The molecule has 0 aromatic carbocycles. The molecule has 0 heterocycles. The average molecular weight is 220 g/mol. The normalized spacial score (nSPS) is 34.2. The predicted molar refractivity (Wildman–Crippen MR) is 67.9 cm³/mol. The quantitative estimate of drug-likeness (QED) is 0.710. The van der Waals surface area contributed by atoms with Crippen LogP contribution in [0.4, 0.5) is 0 Å². The second kappa shape index (κ2) is 5.21. The number of hydrogen-bond donors (Lipinski definition) is 2. The van der Waals surface area contributed by atoms with Gasteiger partial charge in [0.25, 0.3) is 0 Å². The van der Waals surface area contributed by atoms with E-state index in [9.17, 15) is 0 Å². The molecule has 0 aliphatic heterocycles. The minimum absolute atomic E-state index is 0.190. The van der Waals surface area contributed by atoms with Crippen LogP contribution in [-0.2, 0) is 0 Å². The summed E-state index contributed by atoms with van der Waals surface area (Å²) < 4.78 is 0. The number of hydrogen-bond acceptors (Lipinski definition) is 2. The third kappa shape index (κ3) is 2.78. The molecule has 90 valence electrons. The van der Waals surface area contributed by atoms with E-state index in [1.807, 2.05) is 6.92 Å². The molecule has 0 radical (unpaired) electrons. The van der Waals surface area contributed by atoms with Gasteiger partial charge in [0.15, 0.2) is 0 Å². The molecule has 2 unspecified atom stereocenters. The van der Waals surface area contributed by atoms with Crippen molar-refractivity contribution in [2.45, 2.75) is 51.0 Å². The van der Waals surface area contributed by atoms with E-state index in [1.165, 1.54) is 38.5 Å². The first kappa shape index (κ1) is 12.0. The molecule has 0 bridgehead atoms. The van der Waals surface area contributed by atoms with E-state index in [2.05, 4.69) is 17.2 Å². The van der Waals surface area contributed by atoms with Gasteiger partial charge < -0.3 is 5.73 Å². The first-order valence-corrected chi connectivity index (χ1v) is 6.64. The van der Waals surface area contributed by atoms with Gasteiger partial charge in [-0.3, -0.25) is 5.32 Å². The summed E-state index contributed by atoms with van der Waals surface area (Å²) in [5.74, 6) is 7.99. The molecule has 0 saturated heterocycles. The average Bonchev–Trinajstić information content (AvgIpc) is 3.14. The number of nitrogens with two attached hydrogens (primary N) is 1. The first-order chi connectivity index (χ1) is 7.79. The maximum absolute atomic E-state index is 5.99. The molecule has 2 rings (SSSR count). The Hall–Kier alpha value is -0.520. The van der Waals surface area contributed by atoms with E-state index in [4.69, 9.17) is 5.73 Å². The molecule has 2 aliphatic carbocycles. The molecule has 0 spiro atoms. The van der Waals surface area contributed by atoms with Crippen molar-refractivity contribution in [2.75, 3.05) is 13.1 Å². The van der Waals surface area contributed by atoms with Gasteiger partial charge in [0, 0.05) is 12.1 Å². The van der Waals surface area contributed by atoms with E-state index < -0.39 is 0 Å². The van der Waals surface area contributed by atoms with Gasteiger partial charge in [-0.1, -0.05) is 18.8 Å². The monoisotopic (exact) mass is 220 g/mol. The minimum atomic E-state index is 0.190. The van der Waals surface area contributed by atoms with Gasteiger partial charge in [0.1, 0.15) is 0 Å². The van der Waals surface area contributed by atoms with Crippen LogP contribution < -0.4 is 11.1 Å². The second-order valence-corrected chi connectivity index (χ2v) is 5.46. The zero-order valence-electron chi connectivity index (χ0n) is 10.4. The van der Waals surface area contributed by atoms with E-state index in [0.29, 0.717) is 0 Å². The lowest BCUT2D eigenvalue weighted by Crippen LogP contribution is -2.54. The van der Waals surface area contributed by atoms with E-state index in [1.54, 1.807) is 0 Å². The van der Waals surface area contributed by atoms with E-state index in [0.717, 1.165) is 24.9 Å². The van der Waals surface area contributed by atoms with Crippen LogP contribution in [0.5, 0.6) is 0 Å². The highest BCUT2D eigenvalue weighted by Crippen LogP contribution is 2.46.